The van der Waals surface area contributed by atoms with Crippen LogP contribution in [-0.4, -0.2) is 28.6 Å². The fraction of sp³-hybridized carbons (Fsp3) is 0.429. The molecule has 0 bridgehead atoms. The average Bonchev–Trinajstić information content (AvgIpc) is 3.07. The largest absolute Gasteiger partial charge is 0.396 e. The van der Waals surface area contributed by atoms with Gasteiger partial charge in [0, 0.05) is 18.0 Å². The van der Waals surface area contributed by atoms with Crippen molar-refractivity contribution in [3.8, 4) is 9.88 Å². The van der Waals surface area contributed by atoms with Crippen LogP contribution in [0.15, 0.2) is 17.5 Å². The van der Waals surface area contributed by atoms with Gasteiger partial charge in [-0.3, -0.25) is 4.79 Å². The summed E-state index contributed by atoms with van der Waals surface area (Å²) in [4.78, 5) is 17.4. The Kier molecular flexibility index (Phi) is 6.17. The molecule has 0 aliphatic heterocycles. The molecule has 2 aromatic heterocycles. The zero-order valence-corrected chi connectivity index (χ0v) is 14.0. The Morgan fingerprint density at radius 1 is 1.52 bits per heavy atom. The molecule has 2 rings (SSSR count). The van der Waals surface area contributed by atoms with Crippen molar-refractivity contribution in [2.45, 2.75) is 32.2 Å². The van der Waals surface area contributed by atoms with Crippen molar-refractivity contribution in [1.82, 2.24) is 10.3 Å². The highest BCUT2D eigenvalue weighted by Crippen LogP contribution is 2.32. The van der Waals surface area contributed by atoms with E-state index in [1.165, 1.54) is 22.7 Å². The lowest BCUT2D eigenvalue weighted by Crippen LogP contribution is -2.36. The maximum Gasteiger partial charge on any atom is 0.226 e. The van der Waals surface area contributed by atoms with E-state index in [1.807, 2.05) is 24.4 Å². The highest BCUT2D eigenvalue weighted by molar-refractivity contribution is 7.23. The number of aliphatic hydroxyl groups excluding tert-OH is 1. The minimum atomic E-state index is -0.0589. The third kappa shape index (κ3) is 4.78. The highest BCUT2D eigenvalue weighted by Gasteiger charge is 2.13. The minimum Gasteiger partial charge on any atom is -0.396 e. The molecule has 2 N–H and O–H groups in total. The number of aromatic nitrogens is 1. The number of rotatable bonds is 7. The molecule has 0 fully saturated rings. The molecule has 0 aliphatic rings. The van der Waals surface area contributed by atoms with Crippen LogP contribution in [0.4, 0.5) is 0 Å². The van der Waals surface area contributed by atoms with Crippen molar-refractivity contribution in [1.29, 1.82) is 0 Å². The van der Waals surface area contributed by atoms with Crippen LogP contribution in [0.5, 0.6) is 0 Å². The molecule has 2 heterocycles. The molecule has 114 valence electrons. The van der Waals surface area contributed by atoms with Crippen LogP contribution in [0.25, 0.3) is 9.88 Å². The van der Waals surface area contributed by atoms with E-state index in [0.717, 1.165) is 26.3 Å². The molecule has 21 heavy (non-hydrogen) atoms. The monoisotopic (exact) mass is 344 g/mol. The summed E-state index contributed by atoms with van der Waals surface area (Å²) in [7, 11) is 0. The van der Waals surface area contributed by atoms with Gasteiger partial charge in [-0.2, -0.15) is 0 Å². The van der Waals surface area contributed by atoms with Gasteiger partial charge in [-0.05, 0) is 25.0 Å². The molecule has 0 radical (unpaired) electrons. The van der Waals surface area contributed by atoms with Crippen molar-refractivity contribution in [3.05, 3.63) is 27.5 Å². The Bertz CT molecular complexity index is 597. The summed E-state index contributed by atoms with van der Waals surface area (Å²) in [6, 6.07) is 3.80. The first-order valence-electron chi connectivity index (χ1n) is 6.72. The van der Waals surface area contributed by atoms with Crippen molar-refractivity contribution in [2.75, 3.05) is 6.61 Å². The lowest BCUT2D eigenvalue weighted by atomic mass is 10.1. The van der Waals surface area contributed by atoms with Crippen LogP contribution in [0, 0.1) is 0 Å². The van der Waals surface area contributed by atoms with Gasteiger partial charge in [-0.25, -0.2) is 4.98 Å². The van der Waals surface area contributed by atoms with Gasteiger partial charge in [0.15, 0.2) is 0 Å². The summed E-state index contributed by atoms with van der Waals surface area (Å²) in [5, 5.41) is 14.6. The molecule has 7 heteroatoms. The number of hydrogen-bond acceptors (Lipinski definition) is 5. The van der Waals surface area contributed by atoms with Gasteiger partial charge in [0.25, 0.3) is 0 Å². The second-order valence-electron chi connectivity index (χ2n) is 4.61. The Labute approximate surface area is 136 Å². The number of aliphatic hydroxyl groups is 1. The van der Waals surface area contributed by atoms with Gasteiger partial charge in [-0.1, -0.05) is 18.5 Å². The molecule has 2 aromatic rings. The predicted molar refractivity (Wildman–Crippen MR) is 88.1 cm³/mol. The number of carbonyl (C=O) groups is 1. The summed E-state index contributed by atoms with van der Waals surface area (Å²) in [6.07, 6.45) is 1.65. The van der Waals surface area contributed by atoms with Crippen LogP contribution in [0.1, 0.15) is 25.5 Å². The third-order valence-electron chi connectivity index (χ3n) is 3.01. The molecule has 1 amide bonds. The van der Waals surface area contributed by atoms with Gasteiger partial charge in [0.2, 0.25) is 5.91 Å². The van der Waals surface area contributed by atoms with Crippen molar-refractivity contribution < 1.29 is 9.90 Å². The Morgan fingerprint density at radius 2 is 2.33 bits per heavy atom. The fourth-order valence-electron chi connectivity index (χ4n) is 1.91. The van der Waals surface area contributed by atoms with Crippen LogP contribution in [0.3, 0.4) is 0 Å². The number of thiazole rings is 1. The second kappa shape index (κ2) is 7.89. The molecule has 0 spiro atoms. The number of amides is 1. The summed E-state index contributed by atoms with van der Waals surface area (Å²) in [5.74, 6) is -0.0589. The molecule has 0 saturated heterocycles. The molecule has 0 aromatic carbocycles. The lowest BCUT2D eigenvalue weighted by molar-refractivity contribution is -0.121. The third-order valence-corrected chi connectivity index (χ3v) is 5.30. The molecular formula is C14H17ClN2O2S2. The van der Waals surface area contributed by atoms with Gasteiger partial charge in [0.1, 0.15) is 5.01 Å². The Balaban J connectivity index is 1.94. The van der Waals surface area contributed by atoms with Crippen molar-refractivity contribution in [2.24, 2.45) is 0 Å². The van der Waals surface area contributed by atoms with E-state index >= 15 is 0 Å². The summed E-state index contributed by atoms with van der Waals surface area (Å²) in [5.41, 5.74) is 0.760. The van der Waals surface area contributed by atoms with E-state index in [2.05, 4.69) is 10.3 Å². The zero-order chi connectivity index (χ0) is 15.2. The van der Waals surface area contributed by atoms with Gasteiger partial charge < -0.3 is 10.4 Å². The van der Waals surface area contributed by atoms with Crippen molar-refractivity contribution >= 4 is 40.2 Å². The first-order valence-corrected chi connectivity index (χ1v) is 8.80. The van der Waals surface area contributed by atoms with Crippen LogP contribution in [-0.2, 0) is 11.2 Å². The van der Waals surface area contributed by atoms with E-state index in [-0.39, 0.29) is 25.0 Å². The first kappa shape index (κ1) is 16.4. The van der Waals surface area contributed by atoms with Gasteiger partial charge >= 0.3 is 0 Å². The smallest absolute Gasteiger partial charge is 0.226 e. The van der Waals surface area contributed by atoms with Crippen molar-refractivity contribution in [3.63, 3.8) is 0 Å². The van der Waals surface area contributed by atoms with E-state index in [1.54, 1.807) is 0 Å². The number of halogens is 1. The lowest BCUT2D eigenvalue weighted by Gasteiger charge is -2.15. The zero-order valence-electron chi connectivity index (χ0n) is 11.6. The molecule has 0 saturated carbocycles. The maximum atomic E-state index is 12.0. The Morgan fingerprint density at radius 3 is 2.95 bits per heavy atom. The van der Waals surface area contributed by atoms with Crippen LogP contribution >= 0.6 is 34.3 Å². The average molecular weight is 345 g/mol. The number of nitrogens with one attached hydrogen (secondary N) is 1. The number of nitrogens with zero attached hydrogens (tertiary/aromatic N) is 1. The normalized spacial score (nSPS) is 12.3. The minimum absolute atomic E-state index is 0.0247. The van der Waals surface area contributed by atoms with Crippen LogP contribution < -0.4 is 5.32 Å². The molecular weight excluding hydrogens is 328 g/mol. The topological polar surface area (TPSA) is 62.2 Å². The first-order chi connectivity index (χ1) is 10.1. The van der Waals surface area contributed by atoms with Gasteiger partial charge in [-0.15, -0.1) is 22.7 Å². The Hall–Kier alpha value is -0.950. The summed E-state index contributed by atoms with van der Waals surface area (Å²) >= 11 is 8.91. The fourth-order valence-corrected chi connectivity index (χ4v) is 3.84. The highest BCUT2D eigenvalue weighted by atomic mass is 35.5. The van der Waals surface area contributed by atoms with Gasteiger partial charge in [0.05, 0.1) is 21.3 Å². The van der Waals surface area contributed by atoms with E-state index in [9.17, 15) is 4.79 Å². The molecule has 0 aliphatic carbocycles. The number of thiophene rings is 1. The van der Waals surface area contributed by atoms with E-state index in [4.69, 9.17) is 16.7 Å². The van der Waals surface area contributed by atoms with E-state index < -0.39 is 0 Å². The molecule has 4 nitrogen and oxygen atoms in total. The summed E-state index contributed by atoms with van der Waals surface area (Å²) in [6.45, 7) is 2.07. The SMILES string of the molecule is CCC(CCO)NC(=O)Cc1csc(-c2ccc(Cl)s2)n1. The summed E-state index contributed by atoms with van der Waals surface area (Å²) < 4.78 is 0.731. The molecule has 1 atom stereocenters. The molecule has 1 unspecified atom stereocenters. The standard InChI is InChI=1S/C14H17ClN2O2S2/c1-2-9(5-6-18)16-13(19)7-10-8-20-14(17-10)11-3-4-12(15)21-11/h3-4,8-9,18H,2,5-7H2,1H3,(H,16,19). The second-order valence-corrected chi connectivity index (χ2v) is 7.18. The van der Waals surface area contributed by atoms with Crippen LogP contribution in [0.2, 0.25) is 4.34 Å². The number of hydrogen-bond donors (Lipinski definition) is 2. The quantitative estimate of drug-likeness (QED) is 0.809. The maximum absolute atomic E-state index is 12.0. The predicted octanol–water partition coefficient (Wildman–Crippen LogP) is 3.34. The number of carbonyl (C=O) groups excluding carboxylic acids is 1. The van der Waals surface area contributed by atoms with E-state index in [0.29, 0.717) is 6.42 Å².